The Hall–Kier alpha value is -1.39. The molecule has 0 aromatic carbocycles. The van der Waals surface area contributed by atoms with Gasteiger partial charge in [0.15, 0.2) is 0 Å². The molecule has 2 amide bonds. The Kier molecular flexibility index (Phi) is 3.22. The number of amides is 2. The largest absolute Gasteiger partial charge is 0.481 e. The first-order chi connectivity index (χ1) is 6.52. The standard InChI is InChI=1S/C9H13NO4/c1-6(2-5-9(13)14)10-7(11)3-4-8(10)12/h6H,2-5H2,1H3,(H,13,14). The average Bonchev–Trinajstić information content (AvgIpc) is 2.42. The van der Waals surface area contributed by atoms with Gasteiger partial charge in [-0.1, -0.05) is 0 Å². The fourth-order valence-corrected chi connectivity index (χ4v) is 1.55. The fourth-order valence-electron chi connectivity index (χ4n) is 1.55. The van der Waals surface area contributed by atoms with Crippen molar-refractivity contribution in [3.8, 4) is 0 Å². The van der Waals surface area contributed by atoms with E-state index in [0.717, 1.165) is 0 Å². The Morgan fingerprint density at radius 3 is 2.36 bits per heavy atom. The summed E-state index contributed by atoms with van der Waals surface area (Å²) in [4.78, 5) is 33.9. The quantitative estimate of drug-likeness (QED) is 0.664. The topological polar surface area (TPSA) is 74.7 Å². The van der Waals surface area contributed by atoms with Crippen LogP contribution in [0.25, 0.3) is 0 Å². The van der Waals surface area contributed by atoms with Gasteiger partial charge >= 0.3 is 5.97 Å². The molecule has 0 aromatic heterocycles. The van der Waals surface area contributed by atoms with E-state index < -0.39 is 5.97 Å². The third-order valence-electron chi connectivity index (χ3n) is 2.31. The molecular weight excluding hydrogens is 186 g/mol. The minimum atomic E-state index is -0.907. The Morgan fingerprint density at radius 1 is 1.43 bits per heavy atom. The van der Waals surface area contributed by atoms with Crippen LogP contribution in [0.4, 0.5) is 0 Å². The van der Waals surface area contributed by atoms with Crippen LogP contribution in [-0.4, -0.2) is 33.8 Å². The first-order valence-corrected chi connectivity index (χ1v) is 4.59. The van der Waals surface area contributed by atoms with Crippen LogP contribution in [0.2, 0.25) is 0 Å². The number of hydrogen-bond acceptors (Lipinski definition) is 3. The van der Waals surface area contributed by atoms with Gasteiger partial charge < -0.3 is 5.11 Å². The second kappa shape index (κ2) is 4.21. The van der Waals surface area contributed by atoms with E-state index in [2.05, 4.69) is 0 Å². The van der Waals surface area contributed by atoms with Crippen LogP contribution in [0.1, 0.15) is 32.6 Å². The van der Waals surface area contributed by atoms with E-state index in [0.29, 0.717) is 6.42 Å². The molecule has 1 aliphatic heterocycles. The molecule has 0 aliphatic carbocycles. The molecule has 0 bridgehead atoms. The van der Waals surface area contributed by atoms with E-state index in [1.54, 1.807) is 6.92 Å². The summed E-state index contributed by atoms with van der Waals surface area (Å²) in [5.41, 5.74) is 0. The van der Waals surface area contributed by atoms with Gasteiger partial charge in [0.05, 0.1) is 0 Å². The SMILES string of the molecule is CC(CCC(=O)O)N1C(=O)CCC1=O. The highest BCUT2D eigenvalue weighted by Gasteiger charge is 2.32. The number of aliphatic carboxylic acids is 1. The second-order valence-corrected chi connectivity index (χ2v) is 3.44. The highest BCUT2D eigenvalue weighted by molar-refractivity contribution is 6.02. The highest BCUT2D eigenvalue weighted by Crippen LogP contribution is 2.17. The van der Waals surface area contributed by atoms with Crippen molar-refractivity contribution < 1.29 is 19.5 Å². The molecule has 1 N–H and O–H groups in total. The maximum absolute atomic E-state index is 11.2. The van der Waals surface area contributed by atoms with Crippen LogP contribution < -0.4 is 0 Å². The van der Waals surface area contributed by atoms with Gasteiger partial charge in [0.2, 0.25) is 11.8 Å². The maximum Gasteiger partial charge on any atom is 0.303 e. The van der Waals surface area contributed by atoms with Gasteiger partial charge in [0, 0.05) is 25.3 Å². The molecule has 0 saturated carbocycles. The van der Waals surface area contributed by atoms with E-state index in [1.807, 2.05) is 0 Å². The van der Waals surface area contributed by atoms with E-state index >= 15 is 0 Å². The van der Waals surface area contributed by atoms with E-state index in [9.17, 15) is 14.4 Å². The number of rotatable bonds is 4. The van der Waals surface area contributed by atoms with Gasteiger partial charge in [-0.2, -0.15) is 0 Å². The molecule has 0 aromatic rings. The van der Waals surface area contributed by atoms with Gasteiger partial charge in [-0.25, -0.2) is 0 Å². The first-order valence-electron chi connectivity index (χ1n) is 4.59. The number of carboxylic acids is 1. The smallest absolute Gasteiger partial charge is 0.303 e. The summed E-state index contributed by atoms with van der Waals surface area (Å²) in [5.74, 6) is -1.28. The van der Waals surface area contributed by atoms with Crippen LogP contribution in [0.3, 0.4) is 0 Å². The molecule has 1 heterocycles. The molecular formula is C9H13NO4. The molecule has 1 rings (SSSR count). The molecule has 78 valence electrons. The number of imide groups is 1. The third-order valence-corrected chi connectivity index (χ3v) is 2.31. The summed E-state index contributed by atoms with van der Waals surface area (Å²) >= 11 is 0. The van der Waals surface area contributed by atoms with E-state index in [-0.39, 0.29) is 37.1 Å². The van der Waals surface area contributed by atoms with Crippen molar-refractivity contribution in [2.45, 2.75) is 38.6 Å². The molecule has 1 fully saturated rings. The lowest BCUT2D eigenvalue weighted by Crippen LogP contribution is -2.37. The summed E-state index contributed by atoms with van der Waals surface area (Å²) < 4.78 is 0. The summed E-state index contributed by atoms with van der Waals surface area (Å²) in [7, 11) is 0. The molecule has 5 heteroatoms. The van der Waals surface area contributed by atoms with Crippen molar-refractivity contribution in [2.75, 3.05) is 0 Å². The van der Waals surface area contributed by atoms with Crippen LogP contribution >= 0.6 is 0 Å². The molecule has 1 aliphatic rings. The van der Waals surface area contributed by atoms with Gasteiger partial charge in [0.25, 0.3) is 0 Å². The Balaban J connectivity index is 2.50. The molecule has 0 spiro atoms. The monoisotopic (exact) mass is 199 g/mol. The molecule has 1 saturated heterocycles. The third kappa shape index (κ3) is 2.31. The predicted molar refractivity (Wildman–Crippen MR) is 47.4 cm³/mol. The van der Waals surface area contributed by atoms with Crippen LogP contribution in [0.15, 0.2) is 0 Å². The summed E-state index contributed by atoms with van der Waals surface area (Å²) in [6, 6.07) is -0.298. The van der Waals surface area contributed by atoms with Crippen molar-refractivity contribution in [1.82, 2.24) is 4.90 Å². The van der Waals surface area contributed by atoms with Crippen LogP contribution in [0, 0.1) is 0 Å². The molecule has 1 atom stereocenters. The zero-order valence-electron chi connectivity index (χ0n) is 8.02. The zero-order valence-corrected chi connectivity index (χ0v) is 8.02. The van der Waals surface area contributed by atoms with Crippen molar-refractivity contribution in [3.63, 3.8) is 0 Å². The van der Waals surface area contributed by atoms with Gasteiger partial charge in [-0.3, -0.25) is 19.3 Å². The summed E-state index contributed by atoms with van der Waals surface area (Å²) in [6.45, 7) is 1.70. The lowest BCUT2D eigenvalue weighted by atomic mass is 10.1. The Labute approximate surface area is 81.7 Å². The predicted octanol–water partition coefficient (Wildman–Crippen LogP) is 0.389. The van der Waals surface area contributed by atoms with Crippen molar-refractivity contribution >= 4 is 17.8 Å². The second-order valence-electron chi connectivity index (χ2n) is 3.44. The van der Waals surface area contributed by atoms with Crippen LogP contribution in [-0.2, 0) is 14.4 Å². The zero-order chi connectivity index (χ0) is 10.7. The summed E-state index contributed by atoms with van der Waals surface area (Å²) in [5, 5.41) is 8.45. The number of carboxylic acid groups (broad SMARTS) is 1. The number of carbonyl (C=O) groups excluding carboxylic acids is 2. The molecule has 5 nitrogen and oxygen atoms in total. The van der Waals surface area contributed by atoms with Gasteiger partial charge in [-0.15, -0.1) is 0 Å². The molecule has 14 heavy (non-hydrogen) atoms. The van der Waals surface area contributed by atoms with Crippen LogP contribution in [0.5, 0.6) is 0 Å². The lowest BCUT2D eigenvalue weighted by Gasteiger charge is -2.21. The van der Waals surface area contributed by atoms with Gasteiger partial charge in [0.1, 0.15) is 0 Å². The minimum absolute atomic E-state index is 0.0156. The van der Waals surface area contributed by atoms with Crippen molar-refractivity contribution in [1.29, 1.82) is 0 Å². The number of carbonyl (C=O) groups is 3. The summed E-state index contributed by atoms with van der Waals surface area (Å²) in [6.07, 6.45) is 0.831. The lowest BCUT2D eigenvalue weighted by molar-refractivity contribution is -0.143. The Morgan fingerprint density at radius 2 is 1.93 bits per heavy atom. The number of nitrogens with zero attached hydrogens (tertiary/aromatic N) is 1. The Bertz CT molecular complexity index is 258. The van der Waals surface area contributed by atoms with E-state index in [1.165, 1.54) is 4.90 Å². The average molecular weight is 199 g/mol. The van der Waals surface area contributed by atoms with Gasteiger partial charge in [-0.05, 0) is 13.3 Å². The molecule has 1 unspecified atom stereocenters. The fraction of sp³-hybridized carbons (Fsp3) is 0.667. The normalized spacial score (nSPS) is 18.8. The number of likely N-dealkylation sites (tertiary alicyclic amines) is 1. The van der Waals surface area contributed by atoms with Crippen molar-refractivity contribution in [3.05, 3.63) is 0 Å². The maximum atomic E-state index is 11.2. The number of hydrogen-bond donors (Lipinski definition) is 1. The van der Waals surface area contributed by atoms with E-state index in [4.69, 9.17) is 5.11 Å². The first kappa shape index (κ1) is 10.7. The minimum Gasteiger partial charge on any atom is -0.481 e. The van der Waals surface area contributed by atoms with Crippen molar-refractivity contribution in [2.24, 2.45) is 0 Å². The molecule has 0 radical (unpaired) electrons. The highest BCUT2D eigenvalue weighted by atomic mass is 16.4.